The van der Waals surface area contributed by atoms with E-state index in [9.17, 15) is 5.11 Å². The van der Waals surface area contributed by atoms with Crippen LogP contribution in [-0.2, 0) is 0 Å². The lowest BCUT2D eigenvalue weighted by atomic mass is 10.0. The molecule has 168 valence electrons. The Hall–Kier alpha value is -2.61. The van der Waals surface area contributed by atoms with Gasteiger partial charge < -0.3 is 25.5 Å². The molecule has 1 saturated heterocycles. The van der Waals surface area contributed by atoms with Crippen LogP contribution in [0.3, 0.4) is 0 Å². The Balaban J connectivity index is 1.56. The lowest BCUT2D eigenvalue weighted by molar-refractivity contribution is 0.252. The van der Waals surface area contributed by atoms with Crippen LogP contribution >= 0.6 is 0 Å². The maximum absolute atomic E-state index is 9.56. The Kier molecular flexibility index (Phi) is 7.06. The molecule has 1 aliphatic carbocycles. The van der Waals surface area contributed by atoms with Gasteiger partial charge in [-0.2, -0.15) is 15.0 Å². The highest BCUT2D eigenvalue weighted by atomic mass is 16.3. The molecule has 8 nitrogen and oxygen atoms in total. The first-order valence-corrected chi connectivity index (χ1v) is 11.6. The fourth-order valence-electron chi connectivity index (χ4n) is 4.47. The number of nitrogens with one attached hydrogen (secondary N) is 2. The summed E-state index contributed by atoms with van der Waals surface area (Å²) in [6, 6.07) is 7.77. The van der Waals surface area contributed by atoms with Crippen LogP contribution in [0.2, 0.25) is 0 Å². The molecule has 0 amide bonds. The molecule has 4 rings (SSSR count). The summed E-state index contributed by atoms with van der Waals surface area (Å²) in [5, 5.41) is 16.4. The molecule has 8 heteroatoms. The third-order valence-corrected chi connectivity index (χ3v) is 6.49. The molecule has 2 fully saturated rings. The van der Waals surface area contributed by atoms with E-state index in [0.29, 0.717) is 29.9 Å². The second kappa shape index (κ2) is 10.1. The largest absolute Gasteiger partial charge is 0.508 e. The molecule has 1 aromatic heterocycles. The first-order valence-electron chi connectivity index (χ1n) is 11.6. The Morgan fingerprint density at radius 3 is 2.23 bits per heavy atom. The number of hydrogen-bond donors (Lipinski definition) is 3. The molecule has 1 aliphatic heterocycles. The van der Waals surface area contributed by atoms with E-state index < -0.39 is 0 Å². The molecule has 0 spiro atoms. The van der Waals surface area contributed by atoms with Gasteiger partial charge in [-0.25, -0.2) is 0 Å². The lowest BCUT2D eigenvalue weighted by Crippen LogP contribution is -2.42. The maximum atomic E-state index is 9.56. The van der Waals surface area contributed by atoms with Crippen LogP contribution in [0.5, 0.6) is 5.75 Å². The van der Waals surface area contributed by atoms with Crippen LogP contribution in [0.15, 0.2) is 24.3 Å². The molecule has 2 aliphatic rings. The monoisotopic (exact) mass is 425 g/mol. The summed E-state index contributed by atoms with van der Waals surface area (Å²) in [6.07, 6.45) is 9.66. The second-order valence-electron chi connectivity index (χ2n) is 8.93. The number of phenolic OH excluding ortho intramolecular Hbond substituents is 1. The maximum Gasteiger partial charge on any atom is 0.233 e. The molecule has 31 heavy (non-hydrogen) atoms. The second-order valence-corrected chi connectivity index (χ2v) is 8.93. The summed E-state index contributed by atoms with van der Waals surface area (Å²) in [7, 11) is 4.26. The number of benzene rings is 1. The van der Waals surface area contributed by atoms with E-state index in [1.165, 1.54) is 25.7 Å². The van der Waals surface area contributed by atoms with Crippen molar-refractivity contribution in [3.8, 4) is 5.75 Å². The van der Waals surface area contributed by atoms with Crippen LogP contribution in [-0.4, -0.2) is 64.2 Å². The highest BCUT2D eigenvalue weighted by Crippen LogP contribution is 2.25. The van der Waals surface area contributed by atoms with E-state index in [2.05, 4.69) is 39.5 Å². The van der Waals surface area contributed by atoms with Crippen LogP contribution in [0.1, 0.15) is 51.4 Å². The van der Waals surface area contributed by atoms with Crippen LogP contribution in [0.25, 0.3) is 0 Å². The molecule has 0 bridgehead atoms. The smallest absolute Gasteiger partial charge is 0.233 e. The van der Waals surface area contributed by atoms with Gasteiger partial charge in [0.15, 0.2) is 0 Å². The zero-order chi connectivity index (χ0) is 21.6. The van der Waals surface area contributed by atoms with Crippen molar-refractivity contribution in [1.82, 2.24) is 19.9 Å². The zero-order valence-electron chi connectivity index (χ0n) is 18.7. The van der Waals surface area contributed by atoms with Crippen molar-refractivity contribution in [3.63, 3.8) is 0 Å². The number of rotatable bonds is 6. The average molecular weight is 426 g/mol. The normalized spacial score (nSPS) is 19.0. The fourth-order valence-corrected chi connectivity index (χ4v) is 4.47. The van der Waals surface area contributed by atoms with E-state index in [-0.39, 0.29) is 5.75 Å². The molecular formula is C23H35N7O. The predicted octanol–water partition coefficient (Wildman–Crippen LogP) is 3.99. The van der Waals surface area contributed by atoms with Gasteiger partial charge >= 0.3 is 0 Å². The first-order chi connectivity index (χ1) is 15.1. The van der Waals surface area contributed by atoms with Crippen molar-refractivity contribution in [2.45, 2.75) is 63.5 Å². The summed E-state index contributed by atoms with van der Waals surface area (Å²) in [5.74, 6) is 2.09. The van der Waals surface area contributed by atoms with E-state index in [0.717, 1.165) is 44.5 Å². The number of likely N-dealkylation sites (tertiary alicyclic amines) is 1. The van der Waals surface area contributed by atoms with Gasteiger partial charge in [0.05, 0.1) is 0 Å². The number of anilines is 4. The zero-order valence-corrected chi connectivity index (χ0v) is 18.7. The number of nitrogens with zero attached hydrogens (tertiary/aromatic N) is 5. The Bertz CT molecular complexity index is 828. The molecule has 2 aromatic rings. The predicted molar refractivity (Wildman–Crippen MR) is 125 cm³/mol. The highest BCUT2D eigenvalue weighted by molar-refractivity contribution is 5.57. The minimum absolute atomic E-state index is 0.236. The Morgan fingerprint density at radius 2 is 1.55 bits per heavy atom. The summed E-state index contributed by atoms with van der Waals surface area (Å²) < 4.78 is 0. The SMILES string of the molecule is CN1CCC(N(C)c2nc(Nc3ccc(O)cc3)nc(NC3CCCCCC3)n2)CC1. The molecule has 0 unspecified atom stereocenters. The van der Waals surface area contributed by atoms with Gasteiger partial charge in [-0.1, -0.05) is 25.7 Å². The van der Waals surface area contributed by atoms with Gasteiger partial charge in [0.1, 0.15) is 5.75 Å². The number of aromatic nitrogens is 3. The molecule has 3 N–H and O–H groups in total. The molecule has 0 radical (unpaired) electrons. The summed E-state index contributed by atoms with van der Waals surface area (Å²) in [5.41, 5.74) is 0.831. The van der Waals surface area contributed by atoms with E-state index in [4.69, 9.17) is 9.97 Å². The van der Waals surface area contributed by atoms with Crippen molar-refractivity contribution in [2.75, 3.05) is 42.7 Å². The molecular weight excluding hydrogens is 390 g/mol. The third-order valence-electron chi connectivity index (χ3n) is 6.49. The van der Waals surface area contributed by atoms with Crippen molar-refractivity contribution < 1.29 is 5.11 Å². The number of aromatic hydroxyl groups is 1. The quantitative estimate of drug-likeness (QED) is 0.473. The minimum Gasteiger partial charge on any atom is -0.508 e. The summed E-state index contributed by atoms with van der Waals surface area (Å²) in [4.78, 5) is 18.8. The van der Waals surface area contributed by atoms with Crippen molar-refractivity contribution in [3.05, 3.63) is 24.3 Å². The topological polar surface area (TPSA) is 89.4 Å². The van der Waals surface area contributed by atoms with Gasteiger partial charge in [0.2, 0.25) is 17.8 Å². The molecule has 0 atom stereocenters. The van der Waals surface area contributed by atoms with E-state index >= 15 is 0 Å². The Labute approximate surface area is 185 Å². The molecule has 1 aromatic carbocycles. The number of hydrogen-bond acceptors (Lipinski definition) is 8. The summed E-state index contributed by atoms with van der Waals surface area (Å²) in [6.45, 7) is 2.18. The lowest BCUT2D eigenvalue weighted by Gasteiger charge is -2.35. The van der Waals surface area contributed by atoms with E-state index in [1.807, 2.05) is 12.1 Å². The summed E-state index contributed by atoms with van der Waals surface area (Å²) >= 11 is 0. The van der Waals surface area contributed by atoms with Gasteiger partial charge in [0, 0.05) is 24.8 Å². The van der Waals surface area contributed by atoms with Crippen LogP contribution in [0.4, 0.5) is 23.5 Å². The average Bonchev–Trinajstić information content (AvgIpc) is 3.04. The van der Waals surface area contributed by atoms with E-state index in [1.54, 1.807) is 12.1 Å². The van der Waals surface area contributed by atoms with Crippen molar-refractivity contribution in [1.29, 1.82) is 0 Å². The number of piperidine rings is 1. The fraction of sp³-hybridized carbons (Fsp3) is 0.609. The van der Waals surface area contributed by atoms with Gasteiger partial charge in [-0.05, 0) is 70.1 Å². The van der Waals surface area contributed by atoms with Gasteiger partial charge in [-0.15, -0.1) is 0 Å². The standard InChI is InChI=1S/C23H35N7O/c1-29-15-13-19(14-16-29)30(2)23-27-21(24-17-7-5-3-4-6-8-17)26-22(28-23)25-18-9-11-20(31)12-10-18/h9-12,17,19,31H,3-8,13-16H2,1-2H3,(H2,24,25,26,27,28). The van der Waals surface area contributed by atoms with Crippen LogP contribution < -0.4 is 15.5 Å². The van der Waals surface area contributed by atoms with Gasteiger partial charge in [-0.3, -0.25) is 0 Å². The molecule has 2 heterocycles. The van der Waals surface area contributed by atoms with Gasteiger partial charge in [0.25, 0.3) is 0 Å². The van der Waals surface area contributed by atoms with Crippen LogP contribution in [0, 0.1) is 0 Å². The highest BCUT2D eigenvalue weighted by Gasteiger charge is 2.24. The Morgan fingerprint density at radius 1 is 0.903 bits per heavy atom. The van der Waals surface area contributed by atoms with Crippen molar-refractivity contribution in [2.24, 2.45) is 0 Å². The number of phenols is 1. The third kappa shape index (κ3) is 5.97. The molecule has 1 saturated carbocycles. The minimum atomic E-state index is 0.236. The van der Waals surface area contributed by atoms with Crippen molar-refractivity contribution >= 4 is 23.5 Å². The first kappa shape index (κ1) is 21.6.